The lowest BCUT2D eigenvalue weighted by Crippen LogP contribution is -2.51. The Kier molecular flexibility index (Phi) is 4.62. The van der Waals surface area contributed by atoms with Gasteiger partial charge in [-0.05, 0) is 43.4 Å². The van der Waals surface area contributed by atoms with Crippen molar-refractivity contribution >= 4 is 11.9 Å². The smallest absolute Gasteiger partial charge is 0.310 e. The standard InChI is InChI=1S/C21H32N2O3/c1-14-5-4-6-21(3)12-19-16(11-18(14)21)17(20(25)26-19)13-22-7-9-23(10-8-22)15(2)24/h16-19H,1,4-13H2,2-3H3/t16-,17?,18?,19-,21-/m1/s1. The molecule has 2 saturated heterocycles. The van der Waals surface area contributed by atoms with Crippen LogP contribution in [-0.2, 0) is 14.3 Å². The van der Waals surface area contributed by atoms with Crippen LogP contribution in [-0.4, -0.2) is 60.5 Å². The van der Waals surface area contributed by atoms with E-state index in [1.807, 2.05) is 4.90 Å². The molecule has 2 aliphatic heterocycles. The van der Waals surface area contributed by atoms with Crippen LogP contribution < -0.4 is 0 Å². The van der Waals surface area contributed by atoms with Crippen LogP contribution in [0.15, 0.2) is 12.2 Å². The summed E-state index contributed by atoms with van der Waals surface area (Å²) in [6.07, 6.45) is 5.75. The van der Waals surface area contributed by atoms with Crippen LogP contribution in [0.25, 0.3) is 0 Å². The van der Waals surface area contributed by atoms with Gasteiger partial charge in [-0.15, -0.1) is 0 Å². The van der Waals surface area contributed by atoms with Gasteiger partial charge < -0.3 is 9.64 Å². The molecule has 0 spiro atoms. The maximum absolute atomic E-state index is 12.6. The van der Waals surface area contributed by atoms with E-state index in [4.69, 9.17) is 4.74 Å². The van der Waals surface area contributed by atoms with Crippen molar-refractivity contribution in [1.82, 2.24) is 9.80 Å². The van der Waals surface area contributed by atoms with E-state index in [1.54, 1.807) is 6.92 Å². The van der Waals surface area contributed by atoms with Gasteiger partial charge in [-0.25, -0.2) is 0 Å². The number of esters is 1. The van der Waals surface area contributed by atoms with E-state index in [-0.39, 0.29) is 29.3 Å². The molecule has 0 radical (unpaired) electrons. The Hall–Kier alpha value is -1.36. The molecule has 0 aromatic heterocycles. The quantitative estimate of drug-likeness (QED) is 0.561. The molecular formula is C21H32N2O3. The lowest BCUT2D eigenvalue weighted by atomic mass is 9.55. The maximum atomic E-state index is 12.6. The highest BCUT2D eigenvalue weighted by atomic mass is 16.6. The normalized spacial score (nSPS) is 40.8. The molecule has 5 heteroatoms. The van der Waals surface area contributed by atoms with E-state index in [0.717, 1.165) is 52.0 Å². The zero-order chi connectivity index (χ0) is 18.5. The van der Waals surface area contributed by atoms with Crippen molar-refractivity contribution in [2.24, 2.45) is 23.2 Å². The number of carbonyl (C=O) groups excluding carboxylic acids is 2. The minimum absolute atomic E-state index is 0.00172. The maximum Gasteiger partial charge on any atom is 0.310 e. The lowest BCUT2D eigenvalue weighted by Gasteiger charge is -2.50. The van der Waals surface area contributed by atoms with Gasteiger partial charge >= 0.3 is 5.97 Å². The average Bonchev–Trinajstić information content (AvgIpc) is 2.88. The van der Waals surface area contributed by atoms with E-state index in [9.17, 15) is 9.59 Å². The highest BCUT2D eigenvalue weighted by Gasteiger charge is 2.55. The van der Waals surface area contributed by atoms with Crippen molar-refractivity contribution < 1.29 is 14.3 Å². The van der Waals surface area contributed by atoms with Crippen molar-refractivity contribution in [2.45, 2.75) is 52.1 Å². The van der Waals surface area contributed by atoms with Crippen LogP contribution in [0.4, 0.5) is 0 Å². The second kappa shape index (κ2) is 6.66. The van der Waals surface area contributed by atoms with E-state index in [1.165, 1.54) is 18.4 Å². The number of hydrogen-bond acceptors (Lipinski definition) is 4. The Bertz CT molecular complexity index is 610. The summed E-state index contributed by atoms with van der Waals surface area (Å²) in [6, 6.07) is 0. The summed E-state index contributed by atoms with van der Waals surface area (Å²) < 4.78 is 5.87. The number of allylic oxidation sites excluding steroid dienone is 1. The van der Waals surface area contributed by atoms with Gasteiger partial charge in [0.25, 0.3) is 0 Å². The summed E-state index contributed by atoms with van der Waals surface area (Å²) in [7, 11) is 0. The molecule has 0 aromatic rings. The van der Waals surface area contributed by atoms with E-state index in [2.05, 4.69) is 18.4 Å². The fourth-order valence-corrected chi connectivity index (χ4v) is 5.99. The first-order valence-corrected chi connectivity index (χ1v) is 10.2. The third-order valence-electron chi connectivity index (χ3n) is 7.59. The minimum Gasteiger partial charge on any atom is -0.462 e. The summed E-state index contributed by atoms with van der Waals surface area (Å²) in [5.41, 5.74) is 1.66. The third kappa shape index (κ3) is 3.08. The molecule has 0 aromatic carbocycles. The Morgan fingerprint density at radius 3 is 2.73 bits per heavy atom. The van der Waals surface area contributed by atoms with Crippen molar-refractivity contribution in [3.63, 3.8) is 0 Å². The summed E-state index contributed by atoms with van der Waals surface area (Å²) in [5, 5.41) is 0. The number of piperazine rings is 1. The molecule has 2 heterocycles. The predicted molar refractivity (Wildman–Crippen MR) is 99.4 cm³/mol. The molecule has 26 heavy (non-hydrogen) atoms. The summed E-state index contributed by atoms with van der Waals surface area (Å²) in [5.74, 6) is 1.02. The van der Waals surface area contributed by atoms with Crippen LogP contribution in [0.3, 0.4) is 0 Å². The zero-order valence-corrected chi connectivity index (χ0v) is 16.2. The lowest BCUT2D eigenvalue weighted by molar-refractivity contribution is -0.146. The van der Waals surface area contributed by atoms with Crippen LogP contribution in [0.1, 0.15) is 46.0 Å². The van der Waals surface area contributed by atoms with Crippen molar-refractivity contribution in [1.29, 1.82) is 0 Å². The number of amides is 1. The molecular weight excluding hydrogens is 328 g/mol. The number of rotatable bonds is 2. The van der Waals surface area contributed by atoms with Gasteiger partial charge in [0.15, 0.2) is 0 Å². The Labute approximate surface area is 156 Å². The summed E-state index contributed by atoms with van der Waals surface area (Å²) in [6.45, 7) is 12.4. The van der Waals surface area contributed by atoms with Crippen molar-refractivity contribution in [3.8, 4) is 0 Å². The van der Waals surface area contributed by atoms with E-state index >= 15 is 0 Å². The number of nitrogens with zero attached hydrogens (tertiary/aromatic N) is 2. The fourth-order valence-electron chi connectivity index (χ4n) is 5.99. The van der Waals surface area contributed by atoms with E-state index < -0.39 is 0 Å². The van der Waals surface area contributed by atoms with Crippen molar-refractivity contribution in [2.75, 3.05) is 32.7 Å². The molecule has 4 rings (SSSR count). The molecule has 5 nitrogen and oxygen atoms in total. The summed E-state index contributed by atoms with van der Waals surface area (Å²) in [4.78, 5) is 28.4. The highest BCUT2D eigenvalue weighted by Crippen LogP contribution is 2.56. The largest absolute Gasteiger partial charge is 0.462 e. The molecule has 5 atom stereocenters. The molecule has 4 fully saturated rings. The van der Waals surface area contributed by atoms with Crippen LogP contribution in [0.2, 0.25) is 0 Å². The molecule has 144 valence electrons. The molecule has 0 N–H and O–H groups in total. The SMILES string of the molecule is C=C1CCC[C@]2(C)C[C@H]3OC(=O)C(CN4CCN(C(C)=O)CC4)[C@H]3CC12. The second-order valence-corrected chi connectivity index (χ2v) is 9.21. The summed E-state index contributed by atoms with van der Waals surface area (Å²) >= 11 is 0. The van der Waals surface area contributed by atoms with Gasteiger partial charge in [0, 0.05) is 45.6 Å². The van der Waals surface area contributed by atoms with Crippen LogP contribution >= 0.6 is 0 Å². The first-order valence-electron chi connectivity index (χ1n) is 10.2. The third-order valence-corrected chi connectivity index (χ3v) is 7.59. The molecule has 4 aliphatic rings. The first-order chi connectivity index (χ1) is 12.4. The zero-order valence-electron chi connectivity index (χ0n) is 16.2. The van der Waals surface area contributed by atoms with E-state index in [0.29, 0.717) is 11.8 Å². The Morgan fingerprint density at radius 2 is 2.04 bits per heavy atom. The van der Waals surface area contributed by atoms with Gasteiger partial charge in [0.2, 0.25) is 5.91 Å². The van der Waals surface area contributed by atoms with Crippen molar-refractivity contribution in [3.05, 3.63) is 12.2 Å². The van der Waals surface area contributed by atoms with Gasteiger partial charge in [-0.1, -0.05) is 19.1 Å². The van der Waals surface area contributed by atoms with Gasteiger partial charge in [0.1, 0.15) is 6.10 Å². The highest BCUT2D eigenvalue weighted by molar-refractivity contribution is 5.76. The number of carbonyl (C=O) groups is 2. The average molecular weight is 360 g/mol. The Morgan fingerprint density at radius 1 is 1.31 bits per heavy atom. The van der Waals surface area contributed by atoms with Crippen LogP contribution in [0.5, 0.6) is 0 Å². The number of fused-ring (bicyclic) bond motifs is 2. The Balaban J connectivity index is 1.43. The van der Waals surface area contributed by atoms with Gasteiger partial charge in [-0.3, -0.25) is 14.5 Å². The fraction of sp³-hybridized carbons (Fsp3) is 0.810. The molecule has 0 bridgehead atoms. The topological polar surface area (TPSA) is 49.9 Å². The molecule has 2 aliphatic carbocycles. The van der Waals surface area contributed by atoms with Gasteiger partial charge in [-0.2, -0.15) is 0 Å². The molecule has 1 amide bonds. The number of hydrogen-bond donors (Lipinski definition) is 0. The predicted octanol–water partition coefficient (Wildman–Crippen LogP) is 2.46. The first kappa shape index (κ1) is 18.0. The minimum atomic E-state index is -0.0110. The molecule has 2 unspecified atom stereocenters. The monoisotopic (exact) mass is 360 g/mol. The van der Waals surface area contributed by atoms with Gasteiger partial charge in [0.05, 0.1) is 5.92 Å². The van der Waals surface area contributed by atoms with Crippen LogP contribution in [0, 0.1) is 23.2 Å². The molecule has 2 saturated carbocycles. The second-order valence-electron chi connectivity index (χ2n) is 9.21. The number of ether oxygens (including phenoxy) is 1.